The van der Waals surface area contributed by atoms with Gasteiger partial charge in [-0.25, -0.2) is 9.97 Å². The summed E-state index contributed by atoms with van der Waals surface area (Å²) in [6, 6.07) is 0. The molecule has 25 heavy (non-hydrogen) atoms. The molecule has 4 aromatic rings. The minimum Gasteiger partial charge on any atom is -0.399 e. The summed E-state index contributed by atoms with van der Waals surface area (Å²) in [5.74, 6) is 0.662. The zero-order chi connectivity index (χ0) is 17.4. The molecule has 0 N–H and O–H groups in total. The number of aryl methyl sites for hydroxylation is 2. The van der Waals surface area contributed by atoms with Crippen molar-refractivity contribution >= 4 is 28.0 Å². The van der Waals surface area contributed by atoms with Gasteiger partial charge in [-0.05, 0) is 6.42 Å². The van der Waals surface area contributed by atoms with E-state index >= 15 is 0 Å². The van der Waals surface area contributed by atoms with Crippen LogP contribution in [0.2, 0.25) is 0 Å². The number of hydrogen-bond donors (Lipinski definition) is 0. The summed E-state index contributed by atoms with van der Waals surface area (Å²) < 4.78 is 3.56. The molecule has 4 aromatic heterocycles. The van der Waals surface area contributed by atoms with Gasteiger partial charge >= 0.3 is 0 Å². The average Bonchev–Trinajstić information content (AvgIpc) is 3.26. The molecule has 9 heteroatoms. The maximum Gasteiger partial charge on any atom is 0.170 e. The van der Waals surface area contributed by atoms with Gasteiger partial charge in [0.25, 0.3) is 0 Å². The molecule has 0 aliphatic heterocycles. The van der Waals surface area contributed by atoms with Crippen LogP contribution in [-0.4, -0.2) is 47.8 Å². The standard InChI is InChI=1S/C16H16N8O/c1-4-13-14-11(6-17-15-12(14)7-19-23(15)2)16(22-21-13)24-8-10(18-9-24)5-20-25-3/h5-9H,4H2,1-3H3/b20-5+. The molecule has 0 radical (unpaired) electrons. The minimum atomic E-state index is 0.659. The van der Waals surface area contributed by atoms with Crippen molar-refractivity contribution in [1.29, 1.82) is 0 Å². The highest BCUT2D eigenvalue weighted by atomic mass is 16.6. The highest BCUT2D eigenvalue weighted by Gasteiger charge is 2.16. The molecule has 0 unspecified atom stereocenters. The van der Waals surface area contributed by atoms with Gasteiger partial charge in [-0.15, -0.1) is 5.10 Å². The Morgan fingerprint density at radius 3 is 2.88 bits per heavy atom. The van der Waals surface area contributed by atoms with E-state index in [2.05, 4.69) is 42.2 Å². The molecule has 0 fully saturated rings. The third-order valence-electron chi connectivity index (χ3n) is 4.03. The van der Waals surface area contributed by atoms with E-state index in [1.54, 1.807) is 15.6 Å². The van der Waals surface area contributed by atoms with Crippen LogP contribution in [0.25, 0.3) is 27.6 Å². The predicted molar refractivity (Wildman–Crippen MR) is 92.7 cm³/mol. The van der Waals surface area contributed by atoms with Crippen molar-refractivity contribution in [3.8, 4) is 5.82 Å². The monoisotopic (exact) mass is 336 g/mol. The van der Waals surface area contributed by atoms with E-state index in [4.69, 9.17) is 0 Å². The largest absolute Gasteiger partial charge is 0.399 e. The summed E-state index contributed by atoms with van der Waals surface area (Å²) in [6.07, 6.45) is 9.41. The van der Waals surface area contributed by atoms with Gasteiger partial charge in [-0.3, -0.25) is 9.25 Å². The van der Waals surface area contributed by atoms with E-state index in [-0.39, 0.29) is 0 Å². The van der Waals surface area contributed by atoms with Crippen LogP contribution in [0.5, 0.6) is 0 Å². The van der Waals surface area contributed by atoms with Crippen molar-refractivity contribution in [3.05, 3.63) is 36.3 Å². The van der Waals surface area contributed by atoms with Gasteiger partial charge < -0.3 is 4.84 Å². The van der Waals surface area contributed by atoms with Crippen LogP contribution in [0.15, 0.2) is 30.1 Å². The summed E-state index contributed by atoms with van der Waals surface area (Å²) in [4.78, 5) is 13.5. The smallest absolute Gasteiger partial charge is 0.170 e. The van der Waals surface area contributed by atoms with Crippen molar-refractivity contribution in [2.75, 3.05) is 7.11 Å². The van der Waals surface area contributed by atoms with Gasteiger partial charge in [-0.2, -0.15) is 10.2 Å². The molecular weight excluding hydrogens is 320 g/mol. The van der Waals surface area contributed by atoms with Crippen molar-refractivity contribution in [1.82, 2.24) is 34.5 Å². The molecule has 0 amide bonds. The van der Waals surface area contributed by atoms with E-state index in [9.17, 15) is 0 Å². The normalized spacial score (nSPS) is 11.8. The van der Waals surface area contributed by atoms with Gasteiger partial charge in [0.2, 0.25) is 0 Å². The van der Waals surface area contributed by atoms with E-state index in [0.717, 1.165) is 33.9 Å². The van der Waals surface area contributed by atoms with Crippen molar-refractivity contribution < 1.29 is 4.84 Å². The average molecular weight is 336 g/mol. The topological polar surface area (TPSA) is 95.9 Å². The van der Waals surface area contributed by atoms with Gasteiger partial charge in [0, 0.05) is 35.6 Å². The van der Waals surface area contributed by atoms with E-state index < -0.39 is 0 Å². The first-order valence-corrected chi connectivity index (χ1v) is 7.79. The van der Waals surface area contributed by atoms with Crippen LogP contribution in [0.1, 0.15) is 18.3 Å². The third kappa shape index (κ3) is 2.40. The predicted octanol–water partition coefficient (Wildman–Crippen LogP) is 1.64. The fraction of sp³-hybridized carbons (Fsp3) is 0.250. The zero-order valence-corrected chi connectivity index (χ0v) is 14.1. The molecule has 9 nitrogen and oxygen atoms in total. The summed E-state index contributed by atoms with van der Waals surface area (Å²) >= 11 is 0. The van der Waals surface area contributed by atoms with Gasteiger partial charge in [0.15, 0.2) is 11.5 Å². The van der Waals surface area contributed by atoms with Crippen LogP contribution in [-0.2, 0) is 18.3 Å². The van der Waals surface area contributed by atoms with Crippen LogP contribution >= 0.6 is 0 Å². The van der Waals surface area contributed by atoms with Crippen LogP contribution in [0.3, 0.4) is 0 Å². The summed E-state index contributed by atoms with van der Waals surface area (Å²) in [6.45, 7) is 2.06. The molecule has 4 rings (SSSR count). The maximum atomic E-state index is 4.68. The van der Waals surface area contributed by atoms with E-state index in [0.29, 0.717) is 11.5 Å². The number of hydrogen-bond acceptors (Lipinski definition) is 7. The van der Waals surface area contributed by atoms with E-state index in [1.807, 2.05) is 25.6 Å². The van der Waals surface area contributed by atoms with Crippen LogP contribution in [0.4, 0.5) is 0 Å². The SMILES string of the molecule is CCc1nnc(-n2cnc(/C=N/OC)c2)c2cnc3c(cnn3C)c12. The second-order valence-electron chi connectivity index (χ2n) is 5.50. The minimum absolute atomic E-state index is 0.659. The molecule has 0 bridgehead atoms. The lowest BCUT2D eigenvalue weighted by molar-refractivity contribution is 0.215. The van der Waals surface area contributed by atoms with Crippen LogP contribution < -0.4 is 0 Å². The lowest BCUT2D eigenvalue weighted by Gasteiger charge is -2.09. The second kappa shape index (κ2) is 5.93. The quantitative estimate of drug-likeness (QED) is 0.415. The number of oxime groups is 1. The lowest BCUT2D eigenvalue weighted by Crippen LogP contribution is -2.03. The number of fused-ring (bicyclic) bond motifs is 3. The molecule has 0 spiro atoms. The number of aromatic nitrogens is 7. The first kappa shape index (κ1) is 15.2. The van der Waals surface area contributed by atoms with Crippen molar-refractivity contribution in [2.45, 2.75) is 13.3 Å². The maximum absolute atomic E-state index is 4.68. The lowest BCUT2D eigenvalue weighted by atomic mass is 10.1. The van der Waals surface area contributed by atoms with Crippen molar-refractivity contribution in [3.63, 3.8) is 0 Å². The molecule has 0 atom stereocenters. The Morgan fingerprint density at radius 2 is 2.08 bits per heavy atom. The van der Waals surface area contributed by atoms with Gasteiger partial charge in [0.1, 0.15) is 19.1 Å². The van der Waals surface area contributed by atoms with Crippen LogP contribution in [0, 0.1) is 0 Å². The Hall–Kier alpha value is -3.36. The fourth-order valence-electron chi connectivity index (χ4n) is 2.85. The van der Waals surface area contributed by atoms with Crippen molar-refractivity contribution in [2.24, 2.45) is 12.2 Å². The Kier molecular flexibility index (Phi) is 3.60. The van der Waals surface area contributed by atoms with Gasteiger partial charge in [-0.1, -0.05) is 12.1 Å². The Morgan fingerprint density at radius 1 is 1.20 bits per heavy atom. The fourth-order valence-corrected chi connectivity index (χ4v) is 2.85. The first-order chi connectivity index (χ1) is 12.2. The van der Waals surface area contributed by atoms with Gasteiger partial charge in [0.05, 0.1) is 18.1 Å². The summed E-state index contributed by atoms with van der Waals surface area (Å²) in [5, 5.41) is 19.7. The first-order valence-electron chi connectivity index (χ1n) is 7.79. The number of nitrogens with zero attached hydrogens (tertiary/aromatic N) is 8. The number of imidazole rings is 1. The summed E-state index contributed by atoms with van der Waals surface area (Å²) in [7, 11) is 3.36. The molecule has 0 aliphatic rings. The Labute approximate surface area is 143 Å². The zero-order valence-electron chi connectivity index (χ0n) is 14.1. The molecule has 0 aromatic carbocycles. The molecule has 0 aliphatic carbocycles. The number of rotatable bonds is 4. The molecule has 0 saturated carbocycles. The van der Waals surface area contributed by atoms with E-state index in [1.165, 1.54) is 13.3 Å². The third-order valence-corrected chi connectivity index (χ3v) is 4.03. The molecule has 4 heterocycles. The molecule has 0 saturated heterocycles. The second-order valence-corrected chi connectivity index (χ2v) is 5.50. The Bertz CT molecular complexity index is 1090. The highest BCUT2D eigenvalue weighted by Crippen LogP contribution is 2.28. The molecule has 126 valence electrons. The molecular formula is C16H16N8O. The Balaban J connectivity index is 1.98. The highest BCUT2D eigenvalue weighted by molar-refractivity contribution is 6.07. The number of pyridine rings is 1. The summed E-state index contributed by atoms with van der Waals surface area (Å²) in [5.41, 5.74) is 2.40.